The van der Waals surface area contributed by atoms with Gasteiger partial charge in [-0.1, -0.05) is 12.7 Å². The predicted octanol–water partition coefficient (Wildman–Crippen LogP) is 2.22. The lowest BCUT2D eigenvalue weighted by molar-refractivity contribution is -0.386. The Hall–Kier alpha value is -2.08. The highest BCUT2D eigenvalue weighted by Gasteiger charge is 2.22. The molecule has 0 saturated carbocycles. The summed E-state index contributed by atoms with van der Waals surface area (Å²) in [5.41, 5.74) is -0.0207. The van der Waals surface area contributed by atoms with Crippen LogP contribution in [0.5, 0.6) is 11.5 Å². The van der Waals surface area contributed by atoms with Crippen molar-refractivity contribution in [2.75, 3.05) is 13.7 Å². The maximum atomic E-state index is 10.9. The molecule has 1 aromatic rings. The van der Waals surface area contributed by atoms with Gasteiger partial charge in [-0.2, -0.15) is 0 Å². The summed E-state index contributed by atoms with van der Waals surface area (Å²) >= 11 is 0. The third-order valence-electron chi connectivity index (χ3n) is 2.32. The van der Waals surface area contributed by atoms with Gasteiger partial charge in [-0.05, 0) is 13.0 Å². The van der Waals surface area contributed by atoms with Gasteiger partial charge in [-0.15, -0.1) is 0 Å². The largest absolute Gasteiger partial charge is 0.493 e. The van der Waals surface area contributed by atoms with E-state index < -0.39 is 11.0 Å². The average Bonchev–Trinajstić information content (AvgIpc) is 2.34. The van der Waals surface area contributed by atoms with Gasteiger partial charge in [0.25, 0.3) is 5.69 Å². The number of hydrogen-bond acceptors (Lipinski definition) is 5. The Labute approximate surface area is 105 Å². The first kappa shape index (κ1) is 14.0. The fourth-order valence-electron chi connectivity index (χ4n) is 1.48. The molecule has 6 nitrogen and oxygen atoms in total. The number of benzene rings is 1. The van der Waals surface area contributed by atoms with Crippen molar-refractivity contribution in [2.24, 2.45) is 0 Å². The van der Waals surface area contributed by atoms with Crippen molar-refractivity contribution in [3.8, 4) is 11.5 Å². The van der Waals surface area contributed by atoms with E-state index in [1.54, 1.807) is 0 Å². The van der Waals surface area contributed by atoms with Gasteiger partial charge in [-0.3, -0.25) is 10.1 Å². The molecule has 0 fully saturated rings. The zero-order chi connectivity index (χ0) is 13.7. The van der Waals surface area contributed by atoms with Crippen molar-refractivity contribution in [3.05, 3.63) is 40.5 Å². The number of rotatable bonds is 6. The summed E-state index contributed by atoms with van der Waals surface area (Å²) in [5.74, 6) is 0.576. The molecule has 0 heterocycles. The predicted molar refractivity (Wildman–Crippen MR) is 66.0 cm³/mol. The molecule has 1 aromatic carbocycles. The molecule has 0 amide bonds. The molecule has 1 rings (SSSR count). The summed E-state index contributed by atoms with van der Waals surface area (Å²) in [6, 6.07) is 2.64. The smallest absolute Gasteiger partial charge is 0.279 e. The summed E-state index contributed by atoms with van der Waals surface area (Å²) in [6.07, 6.45) is 0.557. The van der Waals surface area contributed by atoms with Crippen LogP contribution in [0.2, 0.25) is 0 Å². The number of ether oxygens (including phenoxy) is 2. The molecule has 0 bridgehead atoms. The monoisotopic (exact) mass is 253 g/mol. The van der Waals surface area contributed by atoms with Crippen LogP contribution in [0.3, 0.4) is 0 Å². The van der Waals surface area contributed by atoms with Gasteiger partial charge in [0, 0.05) is 0 Å². The molecule has 1 atom stereocenters. The second-order valence-corrected chi connectivity index (χ2v) is 3.59. The van der Waals surface area contributed by atoms with Gasteiger partial charge in [0.1, 0.15) is 6.61 Å². The number of nitrogens with zero attached hydrogens (tertiary/aromatic N) is 1. The van der Waals surface area contributed by atoms with Crippen LogP contribution in [0.15, 0.2) is 24.8 Å². The average molecular weight is 253 g/mol. The fourth-order valence-corrected chi connectivity index (χ4v) is 1.48. The topological polar surface area (TPSA) is 81.8 Å². The Morgan fingerprint density at radius 2 is 2.22 bits per heavy atom. The molecule has 0 spiro atoms. The minimum atomic E-state index is -0.965. The van der Waals surface area contributed by atoms with E-state index in [1.165, 1.54) is 32.2 Å². The first-order valence-electron chi connectivity index (χ1n) is 5.29. The Morgan fingerprint density at radius 3 is 2.67 bits per heavy atom. The molecule has 0 radical (unpaired) electrons. The molecule has 0 aliphatic carbocycles. The summed E-state index contributed by atoms with van der Waals surface area (Å²) < 4.78 is 10.3. The molecule has 0 aromatic heterocycles. The zero-order valence-electron chi connectivity index (χ0n) is 10.3. The van der Waals surface area contributed by atoms with Gasteiger partial charge in [-0.25, -0.2) is 0 Å². The van der Waals surface area contributed by atoms with Crippen molar-refractivity contribution in [1.29, 1.82) is 0 Å². The summed E-state index contributed by atoms with van der Waals surface area (Å²) in [7, 11) is 1.42. The number of methoxy groups -OCH3 is 1. The van der Waals surface area contributed by atoms with E-state index in [9.17, 15) is 15.2 Å². The summed E-state index contributed by atoms with van der Waals surface area (Å²) in [6.45, 7) is 5.16. The standard InChI is InChI=1S/C12H15NO5/c1-4-5-18-12-7-10(13(15)16)9(8(2)14)6-11(12)17-3/h4,6-8,14H,1,5H2,2-3H3. The van der Waals surface area contributed by atoms with Gasteiger partial charge in [0.15, 0.2) is 11.5 Å². The van der Waals surface area contributed by atoms with Crippen molar-refractivity contribution in [1.82, 2.24) is 0 Å². The quantitative estimate of drug-likeness (QED) is 0.477. The van der Waals surface area contributed by atoms with Gasteiger partial charge in [0.2, 0.25) is 0 Å². The molecule has 6 heteroatoms. The van der Waals surface area contributed by atoms with E-state index in [0.717, 1.165) is 0 Å². The second kappa shape index (κ2) is 6.02. The van der Waals surface area contributed by atoms with Crippen molar-refractivity contribution in [2.45, 2.75) is 13.0 Å². The lowest BCUT2D eigenvalue weighted by atomic mass is 10.1. The molecule has 1 unspecified atom stereocenters. The molecular weight excluding hydrogens is 238 g/mol. The molecule has 98 valence electrons. The Morgan fingerprint density at radius 1 is 1.56 bits per heavy atom. The van der Waals surface area contributed by atoms with Gasteiger partial charge < -0.3 is 14.6 Å². The zero-order valence-corrected chi connectivity index (χ0v) is 10.3. The van der Waals surface area contributed by atoms with E-state index in [-0.39, 0.29) is 23.6 Å². The summed E-state index contributed by atoms with van der Waals surface area (Å²) in [5, 5.41) is 20.5. The van der Waals surface area contributed by atoms with Crippen molar-refractivity contribution < 1.29 is 19.5 Å². The van der Waals surface area contributed by atoms with Crippen LogP contribution in [0.4, 0.5) is 5.69 Å². The van der Waals surface area contributed by atoms with E-state index in [0.29, 0.717) is 5.75 Å². The van der Waals surface area contributed by atoms with Crippen LogP contribution >= 0.6 is 0 Å². The molecule has 1 N–H and O–H groups in total. The van der Waals surface area contributed by atoms with E-state index in [4.69, 9.17) is 9.47 Å². The Bertz CT molecular complexity index is 456. The minimum Gasteiger partial charge on any atom is -0.493 e. The third kappa shape index (κ3) is 2.98. The number of hydrogen-bond donors (Lipinski definition) is 1. The lowest BCUT2D eigenvalue weighted by Crippen LogP contribution is -2.03. The van der Waals surface area contributed by atoms with Crippen LogP contribution in [0.25, 0.3) is 0 Å². The second-order valence-electron chi connectivity index (χ2n) is 3.59. The lowest BCUT2D eigenvalue weighted by Gasteiger charge is -2.13. The Balaban J connectivity index is 3.31. The highest BCUT2D eigenvalue weighted by atomic mass is 16.6. The summed E-state index contributed by atoms with van der Waals surface area (Å²) in [4.78, 5) is 10.4. The fraction of sp³-hybridized carbons (Fsp3) is 0.333. The van der Waals surface area contributed by atoms with Crippen LogP contribution in [-0.2, 0) is 0 Å². The number of nitro benzene ring substituents is 1. The molecule has 0 saturated heterocycles. The van der Waals surface area contributed by atoms with Gasteiger partial charge in [0.05, 0.1) is 29.8 Å². The molecule has 0 aliphatic rings. The van der Waals surface area contributed by atoms with E-state index in [1.807, 2.05) is 0 Å². The number of aliphatic hydroxyl groups excluding tert-OH is 1. The normalized spacial score (nSPS) is 11.7. The maximum Gasteiger partial charge on any atom is 0.279 e. The maximum absolute atomic E-state index is 10.9. The van der Waals surface area contributed by atoms with E-state index in [2.05, 4.69) is 6.58 Å². The molecule has 18 heavy (non-hydrogen) atoms. The van der Waals surface area contributed by atoms with Crippen LogP contribution in [0.1, 0.15) is 18.6 Å². The van der Waals surface area contributed by atoms with Crippen molar-refractivity contribution >= 4 is 5.69 Å². The molecule has 0 aliphatic heterocycles. The first-order valence-corrected chi connectivity index (χ1v) is 5.29. The van der Waals surface area contributed by atoms with Crippen LogP contribution in [-0.4, -0.2) is 23.7 Å². The van der Waals surface area contributed by atoms with Crippen LogP contribution in [0, 0.1) is 10.1 Å². The van der Waals surface area contributed by atoms with Crippen molar-refractivity contribution in [3.63, 3.8) is 0 Å². The van der Waals surface area contributed by atoms with E-state index >= 15 is 0 Å². The number of nitro groups is 1. The van der Waals surface area contributed by atoms with Crippen LogP contribution < -0.4 is 9.47 Å². The molecular formula is C12H15NO5. The SMILES string of the molecule is C=CCOc1cc([N+](=O)[O-])c(C(C)O)cc1OC. The third-order valence-corrected chi connectivity index (χ3v) is 2.32. The highest BCUT2D eigenvalue weighted by molar-refractivity contribution is 5.55. The highest BCUT2D eigenvalue weighted by Crippen LogP contribution is 2.37. The number of aliphatic hydroxyl groups is 1. The van der Waals surface area contributed by atoms with Gasteiger partial charge >= 0.3 is 0 Å². The first-order chi connectivity index (χ1) is 8.51. The minimum absolute atomic E-state index is 0.183. The Kier molecular flexibility index (Phi) is 4.67.